The van der Waals surface area contributed by atoms with Gasteiger partial charge in [0.1, 0.15) is 0 Å². The molecule has 1 heterocycles. The minimum absolute atomic E-state index is 0.145. The highest BCUT2D eigenvalue weighted by Crippen LogP contribution is 2.18. The quantitative estimate of drug-likeness (QED) is 0.851. The summed E-state index contributed by atoms with van der Waals surface area (Å²) in [5, 5.41) is 24.0. The number of nitrogens with zero attached hydrogens (tertiary/aromatic N) is 4. The van der Waals surface area contributed by atoms with Crippen LogP contribution in [-0.4, -0.2) is 38.5 Å². The molecule has 0 saturated heterocycles. The lowest BCUT2D eigenvalue weighted by molar-refractivity contribution is 0.171. The Morgan fingerprint density at radius 1 is 1.37 bits per heavy atom. The average molecular weight is 261 g/mol. The van der Waals surface area contributed by atoms with Crippen LogP contribution in [-0.2, 0) is 0 Å². The molecule has 0 aliphatic rings. The number of hydrogen-bond donors (Lipinski definition) is 2. The molecular weight excluding hydrogens is 242 g/mol. The van der Waals surface area contributed by atoms with E-state index in [1.54, 1.807) is 4.68 Å². The van der Waals surface area contributed by atoms with Gasteiger partial charge in [0, 0.05) is 24.3 Å². The van der Waals surface area contributed by atoms with Crippen molar-refractivity contribution in [2.45, 2.75) is 20.8 Å². The molecule has 0 amide bonds. The van der Waals surface area contributed by atoms with Crippen molar-refractivity contribution in [3.05, 3.63) is 30.1 Å². The Bertz CT molecular complexity index is 549. The molecule has 1 aromatic heterocycles. The van der Waals surface area contributed by atoms with E-state index in [9.17, 15) is 5.11 Å². The number of rotatable bonds is 5. The first-order chi connectivity index (χ1) is 9.02. The first kappa shape index (κ1) is 13.5. The fourth-order valence-corrected chi connectivity index (χ4v) is 1.62. The Labute approximate surface area is 112 Å². The molecule has 1 aromatic carbocycles. The number of aliphatic hydroxyl groups is 1. The van der Waals surface area contributed by atoms with Gasteiger partial charge in [0.05, 0.1) is 5.69 Å². The number of aliphatic hydroxyl groups excluding tert-OH is 1. The van der Waals surface area contributed by atoms with Gasteiger partial charge in [-0.1, -0.05) is 19.9 Å². The zero-order chi connectivity index (χ0) is 13.9. The molecule has 0 aliphatic carbocycles. The topological polar surface area (TPSA) is 75.9 Å². The summed E-state index contributed by atoms with van der Waals surface area (Å²) in [7, 11) is 0. The minimum atomic E-state index is -0.152. The van der Waals surface area contributed by atoms with Crippen LogP contribution in [0.4, 0.5) is 5.69 Å². The Morgan fingerprint density at radius 2 is 2.16 bits per heavy atom. The number of tetrazole rings is 1. The summed E-state index contributed by atoms with van der Waals surface area (Å²) >= 11 is 0. The molecule has 6 nitrogen and oxygen atoms in total. The van der Waals surface area contributed by atoms with Crippen LogP contribution < -0.4 is 5.32 Å². The van der Waals surface area contributed by atoms with Gasteiger partial charge < -0.3 is 10.4 Å². The van der Waals surface area contributed by atoms with Crippen LogP contribution >= 0.6 is 0 Å². The van der Waals surface area contributed by atoms with Crippen LogP contribution in [0, 0.1) is 12.3 Å². The number of hydrogen-bond acceptors (Lipinski definition) is 5. The van der Waals surface area contributed by atoms with Crippen molar-refractivity contribution >= 4 is 5.69 Å². The highest BCUT2D eigenvalue weighted by molar-refractivity contribution is 5.51. The van der Waals surface area contributed by atoms with Gasteiger partial charge in [0.25, 0.3) is 0 Å². The second-order valence-electron chi connectivity index (χ2n) is 5.36. The summed E-state index contributed by atoms with van der Waals surface area (Å²) < 4.78 is 1.68. The molecule has 2 rings (SSSR count). The van der Waals surface area contributed by atoms with Gasteiger partial charge in [-0.25, -0.2) is 0 Å². The number of aromatic nitrogens is 4. The van der Waals surface area contributed by atoms with Crippen molar-refractivity contribution < 1.29 is 5.11 Å². The van der Waals surface area contributed by atoms with E-state index in [0.29, 0.717) is 6.54 Å². The third-order valence-electron chi connectivity index (χ3n) is 2.92. The summed E-state index contributed by atoms with van der Waals surface area (Å²) in [6.07, 6.45) is 0. The zero-order valence-electron chi connectivity index (χ0n) is 11.5. The van der Waals surface area contributed by atoms with E-state index in [4.69, 9.17) is 0 Å². The summed E-state index contributed by atoms with van der Waals surface area (Å²) in [5.74, 6) is 0.743. The molecule has 6 heteroatoms. The Balaban J connectivity index is 2.14. The molecule has 0 unspecified atom stereocenters. The van der Waals surface area contributed by atoms with Crippen molar-refractivity contribution in [2.75, 3.05) is 18.5 Å². The molecule has 0 saturated carbocycles. The molecule has 102 valence electrons. The maximum Gasteiger partial charge on any atom is 0.153 e. The van der Waals surface area contributed by atoms with Crippen LogP contribution in [0.2, 0.25) is 0 Å². The van der Waals surface area contributed by atoms with Gasteiger partial charge in [-0.05, 0) is 35.5 Å². The Morgan fingerprint density at radius 3 is 2.79 bits per heavy atom. The number of benzene rings is 1. The van der Waals surface area contributed by atoms with Crippen molar-refractivity contribution in [2.24, 2.45) is 5.41 Å². The van der Waals surface area contributed by atoms with Gasteiger partial charge in [0.15, 0.2) is 5.82 Å². The van der Waals surface area contributed by atoms with Crippen LogP contribution in [0.1, 0.15) is 19.7 Å². The van der Waals surface area contributed by atoms with E-state index in [1.165, 1.54) is 0 Å². The lowest BCUT2D eigenvalue weighted by Gasteiger charge is -2.22. The number of aryl methyl sites for hydroxylation is 1. The van der Waals surface area contributed by atoms with Crippen molar-refractivity contribution in [3.63, 3.8) is 0 Å². The van der Waals surface area contributed by atoms with Crippen LogP contribution in [0.5, 0.6) is 0 Å². The second kappa shape index (κ2) is 5.36. The normalized spacial score (nSPS) is 11.6. The van der Waals surface area contributed by atoms with Crippen LogP contribution in [0.15, 0.2) is 24.3 Å². The average Bonchev–Trinajstić information content (AvgIpc) is 2.83. The molecule has 0 radical (unpaired) electrons. The maximum atomic E-state index is 9.24. The first-order valence-electron chi connectivity index (χ1n) is 6.22. The standard InChI is InChI=1S/C13H19N5O/c1-10-15-16-17-18(10)12-6-4-5-11(7-12)14-8-13(2,3)9-19/h4-7,14,19H,8-9H2,1-3H3. The highest BCUT2D eigenvalue weighted by atomic mass is 16.3. The molecule has 2 aromatic rings. The Hall–Kier alpha value is -1.95. The lowest BCUT2D eigenvalue weighted by atomic mass is 9.95. The molecule has 0 fully saturated rings. The molecule has 19 heavy (non-hydrogen) atoms. The third-order valence-corrected chi connectivity index (χ3v) is 2.92. The van der Waals surface area contributed by atoms with E-state index >= 15 is 0 Å². The summed E-state index contributed by atoms with van der Waals surface area (Å²) in [6, 6.07) is 7.86. The SMILES string of the molecule is Cc1nnnn1-c1cccc(NCC(C)(C)CO)c1. The lowest BCUT2D eigenvalue weighted by Crippen LogP contribution is -2.26. The van der Waals surface area contributed by atoms with Gasteiger partial charge in [-0.2, -0.15) is 4.68 Å². The smallest absolute Gasteiger partial charge is 0.153 e. The summed E-state index contributed by atoms with van der Waals surface area (Å²) in [5.41, 5.74) is 1.74. The number of anilines is 1. The maximum absolute atomic E-state index is 9.24. The molecule has 0 aliphatic heterocycles. The highest BCUT2D eigenvalue weighted by Gasteiger charge is 2.15. The monoisotopic (exact) mass is 261 g/mol. The fourth-order valence-electron chi connectivity index (χ4n) is 1.62. The number of nitrogens with one attached hydrogen (secondary N) is 1. The second-order valence-corrected chi connectivity index (χ2v) is 5.36. The van der Waals surface area contributed by atoms with E-state index in [1.807, 2.05) is 45.0 Å². The predicted molar refractivity (Wildman–Crippen MR) is 73.2 cm³/mol. The van der Waals surface area contributed by atoms with Crippen LogP contribution in [0.25, 0.3) is 5.69 Å². The van der Waals surface area contributed by atoms with Crippen LogP contribution in [0.3, 0.4) is 0 Å². The van der Waals surface area contributed by atoms with Crippen molar-refractivity contribution in [3.8, 4) is 5.69 Å². The predicted octanol–water partition coefficient (Wildman–Crippen LogP) is 1.40. The fraction of sp³-hybridized carbons (Fsp3) is 0.462. The van der Waals surface area contributed by atoms with E-state index < -0.39 is 0 Å². The largest absolute Gasteiger partial charge is 0.396 e. The minimum Gasteiger partial charge on any atom is -0.396 e. The third kappa shape index (κ3) is 3.29. The molecule has 2 N–H and O–H groups in total. The zero-order valence-corrected chi connectivity index (χ0v) is 11.5. The molecular formula is C13H19N5O. The van der Waals surface area contributed by atoms with Gasteiger partial charge in [0.2, 0.25) is 0 Å². The summed E-state index contributed by atoms with van der Waals surface area (Å²) in [4.78, 5) is 0. The molecule has 0 spiro atoms. The van der Waals surface area contributed by atoms with E-state index in [-0.39, 0.29) is 12.0 Å². The molecule has 0 bridgehead atoms. The first-order valence-corrected chi connectivity index (χ1v) is 6.22. The van der Waals surface area contributed by atoms with E-state index in [2.05, 4.69) is 20.8 Å². The van der Waals surface area contributed by atoms with Crippen molar-refractivity contribution in [1.29, 1.82) is 0 Å². The van der Waals surface area contributed by atoms with Gasteiger partial charge in [-0.15, -0.1) is 5.10 Å². The molecule has 0 atom stereocenters. The summed E-state index contributed by atoms with van der Waals surface area (Å²) in [6.45, 7) is 6.72. The van der Waals surface area contributed by atoms with Gasteiger partial charge >= 0.3 is 0 Å². The van der Waals surface area contributed by atoms with Gasteiger partial charge in [-0.3, -0.25) is 0 Å². The van der Waals surface area contributed by atoms with Crippen molar-refractivity contribution in [1.82, 2.24) is 20.2 Å². The Kier molecular flexibility index (Phi) is 3.80. The van der Waals surface area contributed by atoms with E-state index in [0.717, 1.165) is 17.2 Å².